The average molecular weight is 312 g/mol. The van der Waals surface area contributed by atoms with Gasteiger partial charge in [0.1, 0.15) is 0 Å². The van der Waals surface area contributed by atoms with Crippen molar-refractivity contribution in [1.29, 1.82) is 0 Å². The molecule has 2 aromatic rings. The van der Waals surface area contributed by atoms with E-state index in [9.17, 15) is 14.3 Å². The number of rotatable bonds is 6. The van der Waals surface area contributed by atoms with Gasteiger partial charge in [0.2, 0.25) is 0 Å². The zero-order chi connectivity index (χ0) is 14.6. The molecule has 0 bridgehead atoms. The monoisotopic (exact) mass is 312 g/mol. The Balaban J connectivity index is 2.16. The Bertz CT molecular complexity index is 611. The summed E-state index contributed by atoms with van der Waals surface area (Å²) >= 11 is 1.40. The third kappa shape index (κ3) is 4.02. The van der Waals surface area contributed by atoms with Crippen LogP contribution in [0.3, 0.4) is 0 Å². The topological polar surface area (TPSA) is 83.8 Å². The summed E-state index contributed by atoms with van der Waals surface area (Å²) in [4.78, 5) is 21.1. The first kappa shape index (κ1) is 14.9. The molecule has 7 heteroatoms. The molecule has 0 saturated heterocycles. The number of thiophene rings is 1. The van der Waals surface area contributed by atoms with Gasteiger partial charge < -0.3 is 10.00 Å². The largest absolute Gasteiger partial charge is 0.479 e. The Kier molecular flexibility index (Phi) is 4.73. The maximum Gasteiger partial charge on any atom is 0.338 e. The summed E-state index contributed by atoms with van der Waals surface area (Å²) < 4.78 is 17.0. The maximum atomic E-state index is 12.0. The van der Waals surface area contributed by atoms with Gasteiger partial charge in [-0.15, -0.1) is 0 Å². The van der Waals surface area contributed by atoms with Crippen molar-refractivity contribution in [3.63, 3.8) is 0 Å². The van der Waals surface area contributed by atoms with Crippen molar-refractivity contribution in [1.82, 2.24) is 0 Å². The summed E-state index contributed by atoms with van der Waals surface area (Å²) in [5.41, 5.74) is 0.984. The van der Waals surface area contributed by atoms with Crippen LogP contribution in [0.15, 0.2) is 47.2 Å². The third-order valence-electron chi connectivity index (χ3n) is 2.56. The second kappa shape index (κ2) is 6.33. The van der Waals surface area contributed by atoms with Gasteiger partial charge in [0.25, 0.3) is 0 Å². The van der Waals surface area contributed by atoms with E-state index in [4.69, 9.17) is 9.63 Å². The number of hydrogen-bond acceptors (Lipinski definition) is 4. The minimum absolute atomic E-state index is 0.201. The van der Waals surface area contributed by atoms with E-state index in [1.165, 1.54) is 11.3 Å². The molecule has 2 unspecified atom stereocenters. The summed E-state index contributed by atoms with van der Waals surface area (Å²) in [5.74, 6) is -1.30. The highest BCUT2D eigenvalue weighted by atomic mass is 32.1. The van der Waals surface area contributed by atoms with Crippen LogP contribution in [0.25, 0.3) is 0 Å². The fourth-order valence-electron chi connectivity index (χ4n) is 1.69. The Morgan fingerprint density at radius 3 is 2.55 bits per heavy atom. The van der Waals surface area contributed by atoms with Gasteiger partial charge in [0, 0.05) is 0 Å². The van der Waals surface area contributed by atoms with Crippen LogP contribution in [-0.2, 0) is 20.0 Å². The van der Waals surface area contributed by atoms with E-state index in [0.29, 0.717) is 11.1 Å². The Morgan fingerprint density at radius 1 is 1.30 bits per heavy atom. The highest BCUT2D eigenvalue weighted by Gasteiger charge is 2.31. The lowest BCUT2D eigenvalue weighted by atomic mass is 10.1. The third-order valence-corrected chi connectivity index (χ3v) is 4.60. The zero-order valence-electron chi connectivity index (χ0n) is 10.4. The minimum Gasteiger partial charge on any atom is -0.479 e. The summed E-state index contributed by atoms with van der Waals surface area (Å²) in [6.07, 6.45) is -1.65. The van der Waals surface area contributed by atoms with Crippen LogP contribution < -0.4 is 0 Å². The van der Waals surface area contributed by atoms with Crippen LogP contribution in [0.5, 0.6) is 0 Å². The molecule has 20 heavy (non-hydrogen) atoms. The Hall–Kier alpha value is -1.46. The van der Waals surface area contributed by atoms with Gasteiger partial charge in [-0.2, -0.15) is 11.3 Å². The van der Waals surface area contributed by atoms with Crippen molar-refractivity contribution >= 4 is 24.9 Å². The lowest BCUT2D eigenvalue weighted by molar-refractivity contribution is -0.145. The molecular formula is C13H13O5PS. The molecule has 106 valence electrons. The highest BCUT2D eigenvalue weighted by molar-refractivity contribution is 7.52. The number of carboxylic acids is 1. The summed E-state index contributed by atoms with van der Waals surface area (Å²) in [5, 5.41) is 12.7. The quantitative estimate of drug-likeness (QED) is 0.800. The van der Waals surface area contributed by atoms with Gasteiger partial charge >= 0.3 is 13.6 Å². The van der Waals surface area contributed by atoms with E-state index >= 15 is 0 Å². The molecule has 2 atom stereocenters. The Labute approximate surface area is 120 Å². The first-order valence-corrected chi connectivity index (χ1v) is 8.47. The van der Waals surface area contributed by atoms with E-state index in [-0.39, 0.29) is 6.16 Å². The second-order valence-corrected chi connectivity index (χ2v) is 6.74. The number of hydrogen-bond donors (Lipinski definition) is 2. The molecule has 0 amide bonds. The highest BCUT2D eigenvalue weighted by Crippen LogP contribution is 2.50. The van der Waals surface area contributed by atoms with Crippen LogP contribution >= 0.6 is 18.9 Å². The molecule has 0 fully saturated rings. The summed E-state index contributed by atoms with van der Waals surface area (Å²) in [6.45, 7) is 0. The van der Waals surface area contributed by atoms with Gasteiger partial charge in [-0.1, -0.05) is 30.3 Å². The molecule has 1 aromatic heterocycles. The summed E-state index contributed by atoms with van der Waals surface area (Å²) in [6, 6.07) is 9.82. The van der Waals surface area contributed by atoms with E-state index < -0.39 is 19.7 Å². The minimum atomic E-state index is -4.03. The van der Waals surface area contributed by atoms with Gasteiger partial charge in [-0.3, -0.25) is 9.09 Å². The molecular weight excluding hydrogens is 299 g/mol. The van der Waals surface area contributed by atoms with Gasteiger partial charge in [0.15, 0.2) is 6.10 Å². The van der Waals surface area contributed by atoms with Crippen molar-refractivity contribution in [2.24, 2.45) is 0 Å². The second-order valence-electron chi connectivity index (χ2n) is 4.16. The molecule has 0 radical (unpaired) electrons. The Morgan fingerprint density at radius 2 is 2.00 bits per heavy atom. The lowest BCUT2D eigenvalue weighted by Crippen LogP contribution is -2.14. The van der Waals surface area contributed by atoms with Crippen molar-refractivity contribution < 1.29 is 23.9 Å². The smallest absolute Gasteiger partial charge is 0.338 e. The molecule has 1 heterocycles. The first-order valence-electron chi connectivity index (χ1n) is 5.77. The first-order chi connectivity index (χ1) is 9.48. The standard InChI is InChI=1S/C13H13O5PS/c14-13(15)12(11-4-2-1-3-5-11)18-19(16,17)8-10-6-7-20-9-10/h1-7,9,12H,8H2,(H,14,15)(H,16,17). The van der Waals surface area contributed by atoms with Crippen LogP contribution in [0.4, 0.5) is 0 Å². The van der Waals surface area contributed by atoms with Crippen molar-refractivity contribution in [3.05, 3.63) is 58.3 Å². The normalized spacial score (nSPS) is 15.4. The van der Waals surface area contributed by atoms with Crippen LogP contribution in [0, 0.1) is 0 Å². The van der Waals surface area contributed by atoms with E-state index in [2.05, 4.69) is 0 Å². The molecule has 0 saturated carbocycles. The van der Waals surface area contributed by atoms with Gasteiger partial charge in [0.05, 0.1) is 6.16 Å². The number of carboxylic acid groups (broad SMARTS) is 1. The SMILES string of the molecule is O=C(O)C(OP(=O)(O)Cc1ccsc1)c1ccccc1. The predicted molar refractivity (Wildman–Crippen MR) is 75.8 cm³/mol. The number of aliphatic carboxylic acids is 1. The molecule has 0 aliphatic rings. The van der Waals surface area contributed by atoms with E-state index in [1.807, 2.05) is 0 Å². The molecule has 1 aromatic carbocycles. The zero-order valence-corrected chi connectivity index (χ0v) is 12.1. The fourth-order valence-corrected chi connectivity index (χ4v) is 3.76. The van der Waals surface area contributed by atoms with E-state index in [0.717, 1.165) is 0 Å². The fraction of sp³-hybridized carbons (Fsp3) is 0.154. The van der Waals surface area contributed by atoms with Gasteiger partial charge in [-0.25, -0.2) is 4.79 Å². The van der Waals surface area contributed by atoms with Crippen molar-refractivity contribution in [2.75, 3.05) is 0 Å². The average Bonchev–Trinajstić information content (AvgIpc) is 2.89. The number of carbonyl (C=O) groups is 1. The lowest BCUT2D eigenvalue weighted by Gasteiger charge is -2.18. The molecule has 2 N–H and O–H groups in total. The molecule has 0 spiro atoms. The van der Waals surface area contributed by atoms with Crippen molar-refractivity contribution in [3.8, 4) is 0 Å². The molecule has 2 rings (SSSR count). The van der Waals surface area contributed by atoms with Crippen LogP contribution in [-0.4, -0.2) is 16.0 Å². The predicted octanol–water partition coefficient (Wildman–Crippen LogP) is 3.28. The molecule has 0 aliphatic carbocycles. The molecule has 5 nitrogen and oxygen atoms in total. The van der Waals surface area contributed by atoms with Crippen LogP contribution in [0.1, 0.15) is 17.2 Å². The maximum absolute atomic E-state index is 12.0. The summed E-state index contributed by atoms with van der Waals surface area (Å²) in [7, 11) is -4.03. The molecule has 0 aliphatic heterocycles. The van der Waals surface area contributed by atoms with Gasteiger partial charge in [-0.05, 0) is 28.0 Å². The van der Waals surface area contributed by atoms with Crippen molar-refractivity contribution in [2.45, 2.75) is 12.3 Å². The van der Waals surface area contributed by atoms with E-state index in [1.54, 1.807) is 47.2 Å². The van der Waals surface area contributed by atoms with Crippen LogP contribution in [0.2, 0.25) is 0 Å². The number of benzene rings is 1.